The molecule has 0 bridgehead atoms. The van der Waals surface area contributed by atoms with E-state index in [9.17, 15) is 0 Å². The van der Waals surface area contributed by atoms with Crippen LogP contribution in [-0.4, -0.2) is 45.4 Å². The average molecular weight is 273 g/mol. The van der Waals surface area contributed by atoms with Crippen molar-refractivity contribution in [1.82, 2.24) is 10.3 Å². The Kier molecular flexibility index (Phi) is 6.38. The van der Waals surface area contributed by atoms with Gasteiger partial charge in [-0.15, -0.1) is 0 Å². The molecule has 0 radical (unpaired) electrons. The summed E-state index contributed by atoms with van der Waals surface area (Å²) in [6, 6.07) is 0. The second-order valence-electron chi connectivity index (χ2n) is 4.22. The van der Waals surface area contributed by atoms with E-state index in [1.165, 1.54) is 0 Å². The van der Waals surface area contributed by atoms with Crippen molar-refractivity contribution >= 4 is 16.5 Å². The second kappa shape index (κ2) is 7.56. The van der Waals surface area contributed by atoms with Gasteiger partial charge in [0.2, 0.25) is 5.88 Å². The summed E-state index contributed by atoms with van der Waals surface area (Å²) < 4.78 is 10.7. The van der Waals surface area contributed by atoms with Gasteiger partial charge in [-0.05, 0) is 13.8 Å². The lowest BCUT2D eigenvalue weighted by atomic mass is 10.4. The average Bonchev–Trinajstić information content (AvgIpc) is 2.73. The summed E-state index contributed by atoms with van der Waals surface area (Å²) in [5.74, 6) is 0.709. The second-order valence-corrected chi connectivity index (χ2v) is 5.28. The van der Waals surface area contributed by atoms with E-state index in [1.54, 1.807) is 18.4 Å². The molecule has 1 aromatic heterocycles. The predicted molar refractivity (Wildman–Crippen MR) is 75.8 cm³/mol. The van der Waals surface area contributed by atoms with E-state index >= 15 is 0 Å². The summed E-state index contributed by atoms with van der Waals surface area (Å²) >= 11 is 1.64. The third-order valence-corrected chi connectivity index (χ3v) is 3.60. The van der Waals surface area contributed by atoms with Gasteiger partial charge < -0.3 is 19.7 Å². The van der Waals surface area contributed by atoms with E-state index in [1.807, 2.05) is 25.9 Å². The zero-order valence-corrected chi connectivity index (χ0v) is 12.6. The largest absolute Gasteiger partial charge is 0.480 e. The van der Waals surface area contributed by atoms with Crippen molar-refractivity contribution in [1.29, 1.82) is 0 Å². The number of ether oxygens (including phenoxy) is 2. The monoisotopic (exact) mass is 273 g/mol. The highest BCUT2D eigenvalue weighted by Crippen LogP contribution is 2.30. The van der Waals surface area contributed by atoms with E-state index < -0.39 is 0 Å². The quantitative estimate of drug-likeness (QED) is 0.781. The number of anilines is 1. The highest BCUT2D eigenvalue weighted by atomic mass is 32.1. The molecule has 1 heterocycles. The van der Waals surface area contributed by atoms with Gasteiger partial charge in [0.25, 0.3) is 0 Å². The van der Waals surface area contributed by atoms with Crippen LogP contribution in [0.15, 0.2) is 0 Å². The van der Waals surface area contributed by atoms with Crippen molar-refractivity contribution in [2.75, 3.05) is 39.3 Å². The van der Waals surface area contributed by atoms with Gasteiger partial charge in [0.1, 0.15) is 0 Å². The Morgan fingerprint density at radius 1 is 1.44 bits per heavy atom. The van der Waals surface area contributed by atoms with Crippen LogP contribution in [0, 0.1) is 0 Å². The molecule has 0 aliphatic heterocycles. The number of aromatic nitrogens is 1. The molecule has 0 aromatic carbocycles. The summed E-state index contributed by atoms with van der Waals surface area (Å²) in [4.78, 5) is 7.51. The van der Waals surface area contributed by atoms with Crippen LogP contribution in [0.4, 0.5) is 5.13 Å². The molecule has 0 aliphatic carbocycles. The van der Waals surface area contributed by atoms with Crippen molar-refractivity contribution in [2.45, 2.75) is 26.5 Å². The number of rotatable bonds is 8. The van der Waals surface area contributed by atoms with Crippen molar-refractivity contribution in [3.05, 3.63) is 4.88 Å². The highest BCUT2D eigenvalue weighted by Gasteiger charge is 2.13. The molecular formula is C12H23N3O2S. The Hall–Kier alpha value is -0.850. The summed E-state index contributed by atoms with van der Waals surface area (Å²) in [6.45, 7) is 6.40. The fourth-order valence-corrected chi connectivity index (χ4v) is 2.44. The third kappa shape index (κ3) is 4.44. The van der Waals surface area contributed by atoms with E-state index in [2.05, 4.69) is 17.2 Å². The first-order valence-electron chi connectivity index (χ1n) is 6.11. The first-order valence-corrected chi connectivity index (χ1v) is 6.93. The minimum absolute atomic E-state index is 0.224. The summed E-state index contributed by atoms with van der Waals surface area (Å²) in [5, 5.41) is 4.32. The summed E-state index contributed by atoms with van der Waals surface area (Å²) in [7, 11) is 5.61. The standard InChI is InChI=1S/C12H23N3O2S/c1-6-17-9(2)7-13-8-10-11(16-5)14-12(18-10)15(3)4/h9,13H,6-8H2,1-5H3. The van der Waals surface area contributed by atoms with Crippen LogP contribution in [0.25, 0.3) is 0 Å². The molecule has 18 heavy (non-hydrogen) atoms. The first-order chi connectivity index (χ1) is 8.58. The number of hydrogen-bond donors (Lipinski definition) is 1. The number of hydrogen-bond acceptors (Lipinski definition) is 6. The minimum atomic E-state index is 0.224. The van der Waals surface area contributed by atoms with Gasteiger partial charge in [0.15, 0.2) is 5.13 Å². The van der Waals surface area contributed by atoms with E-state index in [0.29, 0.717) is 5.88 Å². The van der Waals surface area contributed by atoms with Crippen molar-refractivity contribution in [2.24, 2.45) is 0 Å². The zero-order chi connectivity index (χ0) is 13.5. The third-order valence-electron chi connectivity index (χ3n) is 2.39. The molecule has 0 saturated carbocycles. The lowest BCUT2D eigenvalue weighted by molar-refractivity contribution is 0.0759. The molecule has 1 atom stereocenters. The van der Waals surface area contributed by atoms with E-state index in [4.69, 9.17) is 9.47 Å². The lowest BCUT2D eigenvalue weighted by Gasteiger charge is -2.12. The molecule has 5 nitrogen and oxygen atoms in total. The maximum absolute atomic E-state index is 5.47. The molecular weight excluding hydrogens is 250 g/mol. The zero-order valence-electron chi connectivity index (χ0n) is 11.8. The molecule has 0 spiro atoms. The number of methoxy groups -OCH3 is 1. The Morgan fingerprint density at radius 3 is 2.72 bits per heavy atom. The molecule has 0 amide bonds. The fraction of sp³-hybridized carbons (Fsp3) is 0.750. The molecule has 6 heteroatoms. The fourth-order valence-electron chi connectivity index (χ4n) is 1.52. The van der Waals surface area contributed by atoms with Crippen LogP contribution < -0.4 is 15.0 Å². The topological polar surface area (TPSA) is 46.6 Å². The van der Waals surface area contributed by atoms with Crippen LogP contribution >= 0.6 is 11.3 Å². The number of nitrogens with one attached hydrogen (secondary N) is 1. The molecule has 0 fully saturated rings. The van der Waals surface area contributed by atoms with Gasteiger partial charge in [-0.3, -0.25) is 0 Å². The predicted octanol–water partition coefficient (Wildman–Crippen LogP) is 1.73. The van der Waals surface area contributed by atoms with E-state index in [0.717, 1.165) is 29.7 Å². The first kappa shape index (κ1) is 15.2. The van der Waals surface area contributed by atoms with Crippen LogP contribution in [0.5, 0.6) is 5.88 Å². The van der Waals surface area contributed by atoms with Crippen LogP contribution in [-0.2, 0) is 11.3 Å². The van der Waals surface area contributed by atoms with Gasteiger partial charge in [0, 0.05) is 33.8 Å². The maximum atomic E-state index is 5.47. The van der Waals surface area contributed by atoms with Gasteiger partial charge >= 0.3 is 0 Å². The number of thiazole rings is 1. The van der Waals surface area contributed by atoms with Gasteiger partial charge in [-0.1, -0.05) is 11.3 Å². The molecule has 1 unspecified atom stereocenters. The lowest BCUT2D eigenvalue weighted by Crippen LogP contribution is -2.26. The Bertz CT molecular complexity index is 355. The molecule has 1 N–H and O–H groups in total. The SMILES string of the molecule is CCOC(C)CNCc1sc(N(C)C)nc1OC. The van der Waals surface area contributed by atoms with E-state index in [-0.39, 0.29) is 6.10 Å². The smallest absolute Gasteiger partial charge is 0.230 e. The maximum Gasteiger partial charge on any atom is 0.230 e. The van der Waals surface area contributed by atoms with Crippen LogP contribution in [0.1, 0.15) is 18.7 Å². The molecule has 1 aromatic rings. The molecule has 0 saturated heterocycles. The van der Waals surface area contributed by atoms with Gasteiger partial charge in [-0.25, -0.2) is 0 Å². The highest BCUT2D eigenvalue weighted by molar-refractivity contribution is 7.15. The van der Waals surface area contributed by atoms with Crippen LogP contribution in [0.2, 0.25) is 0 Å². The number of nitrogens with zero attached hydrogens (tertiary/aromatic N) is 2. The molecule has 0 aliphatic rings. The van der Waals surface area contributed by atoms with Gasteiger partial charge in [-0.2, -0.15) is 4.98 Å². The minimum Gasteiger partial charge on any atom is -0.480 e. The Balaban J connectivity index is 2.50. The summed E-state index contributed by atoms with van der Waals surface area (Å²) in [6.07, 6.45) is 0.224. The normalized spacial score (nSPS) is 12.5. The Labute approximate surface area is 113 Å². The van der Waals surface area contributed by atoms with Gasteiger partial charge in [0.05, 0.1) is 18.1 Å². The molecule has 104 valence electrons. The van der Waals surface area contributed by atoms with Crippen molar-refractivity contribution in [3.8, 4) is 5.88 Å². The van der Waals surface area contributed by atoms with Crippen molar-refractivity contribution in [3.63, 3.8) is 0 Å². The summed E-state index contributed by atoms with van der Waals surface area (Å²) in [5.41, 5.74) is 0. The van der Waals surface area contributed by atoms with Crippen LogP contribution in [0.3, 0.4) is 0 Å². The molecule has 1 rings (SSSR count). The Morgan fingerprint density at radius 2 is 2.17 bits per heavy atom. The van der Waals surface area contributed by atoms with Crippen molar-refractivity contribution < 1.29 is 9.47 Å².